The van der Waals surface area contributed by atoms with Crippen molar-refractivity contribution in [3.63, 3.8) is 0 Å². The number of rotatable bonds is 6. The van der Waals surface area contributed by atoms with Crippen molar-refractivity contribution in [2.45, 2.75) is 57.5 Å². The Morgan fingerprint density at radius 3 is 2.86 bits per heavy atom. The second-order valence-corrected chi connectivity index (χ2v) is 8.23. The third kappa shape index (κ3) is 4.64. The maximum atomic E-state index is 12.2. The topological polar surface area (TPSA) is 64.1 Å². The van der Waals surface area contributed by atoms with Crippen LogP contribution < -0.4 is 10.1 Å². The Labute approximate surface area is 170 Å². The molecule has 1 aliphatic carbocycles. The molecule has 0 spiro atoms. The van der Waals surface area contributed by atoms with E-state index < -0.39 is 0 Å². The highest BCUT2D eigenvalue weighted by Crippen LogP contribution is 2.39. The Kier molecular flexibility index (Phi) is 6.10. The summed E-state index contributed by atoms with van der Waals surface area (Å²) in [5.41, 5.74) is 2.76. The first-order chi connectivity index (χ1) is 13.7. The predicted octanol–water partition coefficient (Wildman–Crippen LogP) is 4.58. The number of nitrogens with one attached hydrogen (secondary N) is 1. The molecule has 4 rings (SSSR count). The van der Waals surface area contributed by atoms with Gasteiger partial charge in [0, 0.05) is 36.4 Å². The normalized spacial score (nSPS) is 19.1. The lowest BCUT2D eigenvalue weighted by Crippen LogP contribution is -2.34. The third-order valence-electron chi connectivity index (χ3n) is 5.74. The molecule has 28 heavy (non-hydrogen) atoms. The molecule has 2 aromatic rings. The van der Waals surface area contributed by atoms with Crippen LogP contribution in [0.3, 0.4) is 0 Å². The number of hydrogen-bond acceptors (Lipinski definition) is 4. The van der Waals surface area contributed by atoms with Crippen molar-refractivity contribution < 1.29 is 9.53 Å². The molecule has 0 radical (unpaired) electrons. The Hall–Kier alpha value is -2.14. The summed E-state index contributed by atoms with van der Waals surface area (Å²) in [4.78, 5) is 20.7. The minimum atomic E-state index is -0.0803. The van der Waals surface area contributed by atoms with Crippen LogP contribution in [-0.2, 0) is 11.2 Å². The Morgan fingerprint density at radius 2 is 2.07 bits per heavy atom. The fourth-order valence-electron chi connectivity index (χ4n) is 4.22. The zero-order valence-electron chi connectivity index (χ0n) is 16.0. The smallest absolute Gasteiger partial charge is 0.220 e. The molecular weight excluding hydrogens is 374 g/mol. The second kappa shape index (κ2) is 8.91. The van der Waals surface area contributed by atoms with Crippen molar-refractivity contribution in [3.05, 3.63) is 41.3 Å². The van der Waals surface area contributed by atoms with Crippen molar-refractivity contribution in [1.82, 2.24) is 15.3 Å². The minimum Gasteiger partial charge on any atom is -0.486 e. The van der Waals surface area contributed by atoms with E-state index in [0.29, 0.717) is 18.0 Å². The molecular formula is C22H26ClN3O2. The summed E-state index contributed by atoms with van der Waals surface area (Å²) in [7, 11) is 0. The first-order valence-electron chi connectivity index (χ1n) is 10.2. The molecule has 1 saturated carbocycles. The molecule has 1 N–H and O–H groups in total. The average molecular weight is 400 g/mol. The van der Waals surface area contributed by atoms with E-state index in [9.17, 15) is 4.79 Å². The predicted molar refractivity (Wildman–Crippen MR) is 109 cm³/mol. The standard InChI is InChI=1S/C22H26ClN3O2/c23-19-12-16(20-14-24-8-9-25-20)10-17-11-18(28-22(17)19)13-26-21(27)7-6-15-4-2-1-3-5-15/h8-10,12,14-15,18H,1-7,11,13H2,(H,26,27)/t18-/m0/s1. The molecule has 0 bridgehead atoms. The Balaban J connectivity index is 1.30. The molecule has 6 heteroatoms. The summed E-state index contributed by atoms with van der Waals surface area (Å²) in [6.07, 6.45) is 13.8. The molecule has 0 unspecified atom stereocenters. The van der Waals surface area contributed by atoms with Crippen LogP contribution in [0.2, 0.25) is 5.02 Å². The van der Waals surface area contributed by atoms with Crippen LogP contribution in [0.4, 0.5) is 0 Å². The van der Waals surface area contributed by atoms with Gasteiger partial charge in [0.15, 0.2) is 0 Å². The highest BCUT2D eigenvalue weighted by molar-refractivity contribution is 6.32. The van der Waals surface area contributed by atoms with Gasteiger partial charge in [-0.05, 0) is 24.5 Å². The van der Waals surface area contributed by atoms with Gasteiger partial charge in [0.2, 0.25) is 5.91 Å². The number of halogens is 1. The number of fused-ring (bicyclic) bond motifs is 1. The molecule has 0 saturated heterocycles. The number of carbonyl (C=O) groups excluding carboxylic acids is 1. The molecule has 1 fully saturated rings. The first-order valence-corrected chi connectivity index (χ1v) is 10.6. The number of ether oxygens (including phenoxy) is 1. The van der Waals surface area contributed by atoms with Crippen LogP contribution >= 0.6 is 11.6 Å². The van der Waals surface area contributed by atoms with E-state index in [-0.39, 0.29) is 12.0 Å². The van der Waals surface area contributed by atoms with Crippen LogP contribution in [-0.4, -0.2) is 28.5 Å². The molecule has 148 valence electrons. The largest absolute Gasteiger partial charge is 0.486 e. The van der Waals surface area contributed by atoms with E-state index in [0.717, 1.165) is 41.3 Å². The van der Waals surface area contributed by atoms with Crippen molar-refractivity contribution >= 4 is 17.5 Å². The summed E-state index contributed by atoms with van der Waals surface area (Å²) >= 11 is 6.43. The first kappa shape index (κ1) is 19.2. The summed E-state index contributed by atoms with van der Waals surface area (Å²) in [6, 6.07) is 3.91. The molecule has 5 nitrogen and oxygen atoms in total. The van der Waals surface area contributed by atoms with Crippen molar-refractivity contribution in [2.75, 3.05) is 6.54 Å². The van der Waals surface area contributed by atoms with Crippen LogP contribution in [0.15, 0.2) is 30.7 Å². The third-order valence-corrected chi connectivity index (χ3v) is 6.02. The fourth-order valence-corrected chi connectivity index (χ4v) is 4.51. The lowest BCUT2D eigenvalue weighted by molar-refractivity contribution is -0.121. The van der Waals surface area contributed by atoms with Gasteiger partial charge in [0.1, 0.15) is 11.9 Å². The van der Waals surface area contributed by atoms with E-state index >= 15 is 0 Å². The monoisotopic (exact) mass is 399 g/mol. The fraction of sp³-hybridized carbons (Fsp3) is 0.500. The summed E-state index contributed by atoms with van der Waals surface area (Å²) in [6.45, 7) is 0.509. The van der Waals surface area contributed by atoms with Crippen molar-refractivity contribution in [2.24, 2.45) is 5.92 Å². The van der Waals surface area contributed by atoms with E-state index in [2.05, 4.69) is 21.4 Å². The van der Waals surface area contributed by atoms with Crippen molar-refractivity contribution in [3.8, 4) is 17.0 Å². The Bertz CT molecular complexity index is 822. The van der Waals surface area contributed by atoms with Gasteiger partial charge in [-0.3, -0.25) is 14.8 Å². The van der Waals surface area contributed by atoms with E-state index in [1.807, 2.05) is 6.07 Å². The van der Waals surface area contributed by atoms with Crippen LogP contribution in [0, 0.1) is 5.92 Å². The van der Waals surface area contributed by atoms with Gasteiger partial charge in [-0.15, -0.1) is 0 Å². The second-order valence-electron chi connectivity index (χ2n) is 7.83. The molecule has 2 heterocycles. The van der Waals surface area contributed by atoms with Gasteiger partial charge in [0.05, 0.1) is 23.5 Å². The van der Waals surface area contributed by atoms with Crippen LogP contribution in [0.1, 0.15) is 50.5 Å². The number of nitrogens with zero attached hydrogens (tertiary/aromatic N) is 2. The van der Waals surface area contributed by atoms with Gasteiger partial charge in [-0.2, -0.15) is 0 Å². The minimum absolute atomic E-state index is 0.0803. The van der Waals surface area contributed by atoms with Crippen LogP contribution in [0.25, 0.3) is 11.3 Å². The van der Waals surface area contributed by atoms with E-state index in [4.69, 9.17) is 16.3 Å². The number of carbonyl (C=O) groups is 1. The zero-order valence-corrected chi connectivity index (χ0v) is 16.8. The van der Waals surface area contributed by atoms with E-state index in [1.54, 1.807) is 18.6 Å². The number of hydrogen-bond donors (Lipinski definition) is 1. The highest BCUT2D eigenvalue weighted by Gasteiger charge is 2.26. The maximum absolute atomic E-state index is 12.2. The molecule has 1 aromatic heterocycles. The SMILES string of the molecule is O=C(CCC1CCCCC1)NC[C@@H]1Cc2cc(-c3cnccn3)cc(Cl)c2O1. The lowest BCUT2D eigenvalue weighted by atomic mass is 9.86. The van der Waals surface area contributed by atoms with E-state index in [1.165, 1.54) is 32.1 Å². The maximum Gasteiger partial charge on any atom is 0.220 e. The average Bonchev–Trinajstić information content (AvgIpc) is 3.16. The lowest BCUT2D eigenvalue weighted by Gasteiger charge is -2.21. The highest BCUT2D eigenvalue weighted by atomic mass is 35.5. The van der Waals surface area contributed by atoms with Gasteiger partial charge in [-0.25, -0.2) is 0 Å². The molecule has 2 aliphatic rings. The zero-order chi connectivity index (χ0) is 19.3. The molecule has 1 aromatic carbocycles. The quantitative estimate of drug-likeness (QED) is 0.772. The molecule has 1 amide bonds. The van der Waals surface area contributed by atoms with Gasteiger partial charge in [0.25, 0.3) is 0 Å². The molecule has 1 atom stereocenters. The number of amides is 1. The number of benzene rings is 1. The summed E-state index contributed by atoms with van der Waals surface area (Å²) in [5.74, 6) is 1.57. The Morgan fingerprint density at radius 1 is 1.21 bits per heavy atom. The summed E-state index contributed by atoms with van der Waals surface area (Å²) in [5, 5.41) is 3.61. The van der Waals surface area contributed by atoms with Gasteiger partial charge in [-0.1, -0.05) is 43.7 Å². The summed E-state index contributed by atoms with van der Waals surface area (Å²) < 4.78 is 5.99. The van der Waals surface area contributed by atoms with Crippen LogP contribution in [0.5, 0.6) is 5.75 Å². The van der Waals surface area contributed by atoms with Crippen molar-refractivity contribution in [1.29, 1.82) is 0 Å². The van der Waals surface area contributed by atoms with Gasteiger partial charge < -0.3 is 10.1 Å². The number of aromatic nitrogens is 2. The molecule has 1 aliphatic heterocycles. The van der Waals surface area contributed by atoms with Gasteiger partial charge >= 0.3 is 0 Å².